The average Bonchev–Trinajstić information content (AvgIpc) is 2.93. The third-order valence-electron chi connectivity index (χ3n) is 3.82. The normalized spacial score (nSPS) is 17.1. The van der Waals surface area contributed by atoms with Gasteiger partial charge in [0.1, 0.15) is 18.5 Å². The first-order valence-corrected chi connectivity index (χ1v) is 7.96. The summed E-state index contributed by atoms with van der Waals surface area (Å²) in [7, 11) is 0. The zero-order valence-electron chi connectivity index (χ0n) is 13.3. The molecule has 1 heterocycles. The first-order valence-electron chi connectivity index (χ1n) is 7.96. The summed E-state index contributed by atoms with van der Waals surface area (Å²) < 4.78 is 5.66. The van der Waals surface area contributed by atoms with Crippen LogP contribution in [0.2, 0.25) is 0 Å². The van der Waals surface area contributed by atoms with Crippen molar-refractivity contribution in [2.75, 3.05) is 39.3 Å². The Morgan fingerprint density at radius 2 is 1.86 bits per heavy atom. The molecular weight excluding hydrogens is 264 g/mol. The molecule has 2 rings (SSSR count). The lowest BCUT2D eigenvalue weighted by molar-refractivity contribution is 0.106. The van der Waals surface area contributed by atoms with Gasteiger partial charge >= 0.3 is 0 Å². The summed E-state index contributed by atoms with van der Waals surface area (Å²) >= 11 is 0. The van der Waals surface area contributed by atoms with Crippen LogP contribution in [0, 0.1) is 13.8 Å². The van der Waals surface area contributed by atoms with Gasteiger partial charge in [-0.05, 0) is 63.0 Å². The van der Waals surface area contributed by atoms with E-state index in [1.54, 1.807) is 0 Å². The molecule has 1 aromatic rings. The number of aryl methyl sites for hydroxylation is 2. The summed E-state index contributed by atoms with van der Waals surface area (Å²) in [6.45, 7) is 9.47. The van der Waals surface area contributed by atoms with Gasteiger partial charge in [-0.2, -0.15) is 0 Å². The fourth-order valence-corrected chi connectivity index (χ4v) is 2.78. The van der Waals surface area contributed by atoms with Crippen molar-refractivity contribution < 1.29 is 9.84 Å². The molecule has 0 aliphatic carbocycles. The number of ether oxygens (including phenoxy) is 1. The van der Waals surface area contributed by atoms with E-state index in [0.29, 0.717) is 13.2 Å². The number of aliphatic hydroxyl groups excluding tert-OH is 1. The van der Waals surface area contributed by atoms with Crippen molar-refractivity contribution in [1.82, 2.24) is 10.2 Å². The van der Waals surface area contributed by atoms with Crippen LogP contribution in [-0.4, -0.2) is 55.4 Å². The third-order valence-corrected chi connectivity index (χ3v) is 3.82. The van der Waals surface area contributed by atoms with E-state index in [1.807, 2.05) is 12.1 Å². The van der Waals surface area contributed by atoms with Crippen molar-refractivity contribution in [2.24, 2.45) is 0 Å². The number of hydrogen-bond acceptors (Lipinski definition) is 4. The molecule has 1 unspecified atom stereocenters. The van der Waals surface area contributed by atoms with Crippen LogP contribution in [0.5, 0.6) is 5.75 Å². The lowest BCUT2D eigenvalue weighted by Gasteiger charge is -2.17. The second-order valence-electron chi connectivity index (χ2n) is 6.04. The highest BCUT2D eigenvalue weighted by Crippen LogP contribution is 2.16. The van der Waals surface area contributed by atoms with Crippen molar-refractivity contribution in [2.45, 2.75) is 32.8 Å². The Morgan fingerprint density at radius 3 is 2.52 bits per heavy atom. The number of hydrogen-bond donors (Lipinski definition) is 2. The van der Waals surface area contributed by atoms with Gasteiger partial charge in [0.25, 0.3) is 0 Å². The van der Waals surface area contributed by atoms with Gasteiger partial charge in [-0.25, -0.2) is 0 Å². The molecule has 4 heteroatoms. The zero-order valence-corrected chi connectivity index (χ0v) is 13.3. The number of rotatable bonds is 8. The fourth-order valence-electron chi connectivity index (χ4n) is 2.78. The van der Waals surface area contributed by atoms with Crippen molar-refractivity contribution in [1.29, 1.82) is 0 Å². The molecule has 0 saturated carbocycles. The standard InChI is InChI=1S/C17H28N2O2/c1-14-9-15(2)11-17(10-14)21-13-16(20)12-18-5-8-19-6-3-4-7-19/h9-11,16,18,20H,3-8,12-13H2,1-2H3. The molecule has 118 valence electrons. The van der Waals surface area contributed by atoms with Gasteiger partial charge in [0, 0.05) is 19.6 Å². The highest BCUT2D eigenvalue weighted by molar-refractivity contribution is 5.32. The second kappa shape index (κ2) is 8.37. The van der Waals surface area contributed by atoms with Crippen molar-refractivity contribution >= 4 is 0 Å². The number of likely N-dealkylation sites (tertiary alicyclic amines) is 1. The van der Waals surface area contributed by atoms with Crippen molar-refractivity contribution in [3.8, 4) is 5.75 Å². The third kappa shape index (κ3) is 6.04. The predicted molar refractivity (Wildman–Crippen MR) is 86.0 cm³/mol. The lowest BCUT2D eigenvalue weighted by Crippen LogP contribution is -2.36. The van der Waals surface area contributed by atoms with Crippen molar-refractivity contribution in [3.05, 3.63) is 29.3 Å². The molecule has 0 aromatic heterocycles. The second-order valence-corrected chi connectivity index (χ2v) is 6.04. The summed E-state index contributed by atoms with van der Waals surface area (Å²) in [6, 6.07) is 6.12. The van der Waals surface area contributed by atoms with E-state index in [1.165, 1.54) is 37.1 Å². The topological polar surface area (TPSA) is 44.7 Å². The van der Waals surface area contributed by atoms with Gasteiger partial charge in [-0.15, -0.1) is 0 Å². The maximum absolute atomic E-state index is 9.94. The van der Waals surface area contributed by atoms with Crippen LogP contribution in [0.4, 0.5) is 0 Å². The first kappa shape index (κ1) is 16.3. The zero-order chi connectivity index (χ0) is 15.1. The van der Waals surface area contributed by atoms with E-state index in [2.05, 4.69) is 30.1 Å². The van der Waals surface area contributed by atoms with E-state index >= 15 is 0 Å². The minimum Gasteiger partial charge on any atom is -0.491 e. The molecule has 1 atom stereocenters. The van der Waals surface area contributed by atoms with Crippen LogP contribution >= 0.6 is 0 Å². The Morgan fingerprint density at radius 1 is 1.19 bits per heavy atom. The van der Waals surface area contributed by atoms with Crippen LogP contribution in [0.3, 0.4) is 0 Å². The molecule has 1 aromatic carbocycles. The molecule has 1 saturated heterocycles. The minimum atomic E-state index is -0.468. The molecule has 1 aliphatic rings. The molecule has 1 fully saturated rings. The van der Waals surface area contributed by atoms with Gasteiger partial charge < -0.3 is 20.1 Å². The molecule has 0 spiro atoms. The molecular formula is C17H28N2O2. The molecule has 4 nitrogen and oxygen atoms in total. The predicted octanol–water partition coefficient (Wildman–Crippen LogP) is 1.73. The maximum Gasteiger partial charge on any atom is 0.119 e. The van der Waals surface area contributed by atoms with E-state index in [4.69, 9.17) is 4.74 Å². The molecule has 2 N–H and O–H groups in total. The lowest BCUT2D eigenvalue weighted by atomic mass is 10.1. The van der Waals surface area contributed by atoms with Crippen LogP contribution in [-0.2, 0) is 0 Å². The Hall–Kier alpha value is -1.10. The Balaban J connectivity index is 1.59. The molecule has 0 amide bonds. The van der Waals surface area contributed by atoms with Gasteiger partial charge in [-0.1, -0.05) is 6.07 Å². The van der Waals surface area contributed by atoms with E-state index in [0.717, 1.165) is 18.8 Å². The number of benzene rings is 1. The highest BCUT2D eigenvalue weighted by atomic mass is 16.5. The van der Waals surface area contributed by atoms with Gasteiger partial charge in [0.15, 0.2) is 0 Å². The Bertz CT molecular complexity index is 411. The summed E-state index contributed by atoms with van der Waals surface area (Å²) in [6.07, 6.45) is 2.18. The van der Waals surface area contributed by atoms with Crippen LogP contribution in [0.25, 0.3) is 0 Å². The van der Waals surface area contributed by atoms with E-state index < -0.39 is 6.10 Å². The van der Waals surface area contributed by atoms with Gasteiger partial charge in [0.2, 0.25) is 0 Å². The minimum absolute atomic E-state index is 0.333. The van der Waals surface area contributed by atoms with E-state index in [9.17, 15) is 5.11 Å². The molecule has 21 heavy (non-hydrogen) atoms. The largest absolute Gasteiger partial charge is 0.491 e. The smallest absolute Gasteiger partial charge is 0.119 e. The molecule has 0 radical (unpaired) electrons. The van der Waals surface area contributed by atoms with Crippen LogP contribution in [0.1, 0.15) is 24.0 Å². The summed E-state index contributed by atoms with van der Waals surface area (Å²) in [4.78, 5) is 2.46. The average molecular weight is 292 g/mol. The number of nitrogens with zero attached hydrogens (tertiary/aromatic N) is 1. The monoisotopic (exact) mass is 292 g/mol. The Kier molecular flexibility index (Phi) is 6.49. The highest BCUT2D eigenvalue weighted by Gasteiger charge is 2.11. The number of nitrogens with one attached hydrogen (secondary N) is 1. The summed E-state index contributed by atoms with van der Waals surface area (Å²) in [5.41, 5.74) is 2.37. The quantitative estimate of drug-likeness (QED) is 0.716. The molecule has 1 aliphatic heterocycles. The van der Waals surface area contributed by atoms with Crippen molar-refractivity contribution in [3.63, 3.8) is 0 Å². The van der Waals surface area contributed by atoms with Gasteiger partial charge in [-0.3, -0.25) is 0 Å². The summed E-state index contributed by atoms with van der Waals surface area (Å²) in [5, 5.41) is 13.2. The van der Waals surface area contributed by atoms with Crippen LogP contribution < -0.4 is 10.1 Å². The summed E-state index contributed by atoms with van der Waals surface area (Å²) in [5.74, 6) is 0.837. The maximum atomic E-state index is 9.94. The van der Waals surface area contributed by atoms with Crippen LogP contribution in [0.15, 0.2) is 18.2 Å². The SMILES string of the molecule is Cc1cc(C)cc(OCC(O)CNCCN2CCCC2)c1. The first-order chi connectivity index (χ1) is 10.1. The molecule has 0 bridgehead atoms. The Labute approximate surface area is 128 Å². The number of aliphatic hydroxyl groups is 1. The van der Waals surface area contributed by atoms with E-state index in [-0.39, 0.29) is 0 Å². The van der Waals surface area contributed by atoms with Gasteiger partial charge in [0.05, 0.1) is 0 Å². The fraction of sp³-hybridized carbons (Fsp3) is 0.647.